The molecule has 3 fully saturated rings. The third-order valence-corrected chi connectivity index (χ3v) is 6.11. The maximum Gasteiger partial charge on any atom is 0.108 e. The van der Waals surface area contributed by atoms with E-state index in [2.05, 4.69) is 37.1 Å². The van der Waals surface area contributed by atoms with Gasteiger partial charge in [-0.05, 0) is 63.7 Å². The summed E-state index contributed by atoms with van der Waals surface area (Å²) in [5.41, 5.74) is -0.242. The van der Waals surface area contributed by atoms with E-state index in [-0.39, 0.29) is 5.54 Å². The zero-order valence-corrected chi connectivity index (χ0v) is 13.9. The second-order valence-corrected chi connectivity index (χ2v) is 8.12. The Morgan fingerprint density at radius 1 is 1.19 bits per heavy atom. The normalized spacial score (nSPS) is 45.2. The number of likely N-dealkylation sites (tertiary alicyclic amines) is 1. The van der Waals surface area contributed by atoms with Gasteiger partial charge in [-0.2, -0.15) is 5.26 Å². The molecule has 3 aliphatic rings. The molecule has 3 rings (SSSR count). The Bertz CT molecular complexity index is 411. The summed E-state index contributed by atoms with van der Waals surface area (Å²) in [6.07, 6.45) is 8.44. The van der Waals surface area contributed by atoms with Crippen LogP contribution in [0.5, 0.6) is 0 Å². The van der Waals surface area contributed by atoms with Gasteiger partial charge in [0.1, 0.15) is 5.54 Å². The Hall–Kier alpha value is -0.590. The van der Waals surface area contributed by atoms with E-state index in [9.17, 15) is 5.26 Å². The topological polar surface area (TPSA) is 39.1 Å². The SMILES string of the molecule is CC1CC(C)C(C)N(C2CCCC(C#N)(NC3CC3)C2)C1. The summed E-state index contributed by atoms with van der Waals surface area (Å²) >= 11 is 0. The zero-order chi connectivity index (χ0) is 15.0. The summed E-state index contributed by atoms with van der Waals surface area (Å²) in [5.74, 6) is 1.58. The molecule has 5 unspecified atom stereocenters. The lowest BCUT2D eigenvalue weighted by Gasteiger charge is -2.49. The molecule has 1 N–H and O–H groups in total. The first-order chi connectivity index (χ1) is 10.0. The number of hydrogen-bond donors (Lipinski definition) is 1. The molecule has 0 radical (unpaired) electrons. The van der Waals surface area contributed by atoms with Crippen LogP contribution >= 0.6 is 0 Å². The zero-order valence-electron chi connectivity index (χ0n) is 13.9. The second kappa shape index (κ2) is 5.89. The van der Waals surface area contributed by atoms with E-state index in [1.807, 2.05) is 0 Å². The van der Waals surface area contributed by atoms with Crippen molar-refractivity contribution in [2.24, 2.45) is 11.8 Å². The molecular weight excluding hydrogens is 258 g/mol. The molecular formula is C18H31N3. The molecule has 118 valence electrons. The Labute approximate surface area is 130 Å². The Morgan fingerprint density at radius 2 is 1.95 bits per heavy atom. The summed E-state index contributed by atoms with van der Waals surface area (Å²) in [5, 5.41) is 13.4. The molecule has 0 amide bonds. The van der Waals surface area contributed by atoms with Gasteiger partial charge in [0, 0.05) is 24.7 Å². The average molecular weight is 289 g/mol. The van der Waals surface area contributed by atoms with Crippen molar-refractivity contribution in [1.82, 2.24) is 10.2 Å². The van der Waals surface area contributed by atoms with E-state index in [1.165, 1.54) is 38.6 Å². The number of piperidine rings is 1. The molecule has 2 aliphatic carbocycles. The molecule has 2 saturated carbocycles. The second-order valence-electron chi connectivity index (χ2n) is 8.12. The first kappa shape index (κ1) is 15.3. The maximum atomic E-state index is 9.77. The van der Waals surface area contributed by atoms with Crippen molar-refractivity contribution in [3.8, 4) is 6.07 Å². The maximum absolute atomic E-state index is 9.77. The highest BCUT2D eigenvalue weighted by Gasteiger charge is 2.44. The van der Waals surface area contributed by atoms with Gasteiger partial charge in [0.05, 0.1) is 6.07 Å². The number of nitriles is 1. The van der Waals surface area contributed by atoms with Crippen LogP contribution in [0.4, 0.5) is 0 Å². The van der Waals surface area contributed by atoms with Crippen LogP contribution in [0.15, 0.2) is 0 Å². The molecule has 1 heterocycles. The predicted molar refractivity (Wildman–Crippen MR) is 85.9 cm³/mol. The molecule has 0 spiro atoms. The van der Waals surface area contributed by atoms with Crippen molar-refractivity contribution in [2.75, 3.05) is 6.54 Å². The Balaban J connectivity index is 1.71. The van der Waals surface area contributed by atoms with Gasteiger partial charge in [-0.25, -0.2) is 0 Å². The highest BCUT2D eigenvalue weighted by Crippen LogP contribution is 2.38. The van der Waals surface area contributed by atoms with Gasteiger partial charge in [-0.3, -0.25) is 10.2 Å². The first-order valence-electron chi connectivity index (χ1n) is 8.98. The van der Waals surface area contributed by atoms with Gasteiger partial charge >= 0.3 is 0 Å². The number of nitrogens with one attached hydrogen (secondary N) is 1. The fourth-order valence-corrected chi connectivity index (χ4v) is 4.65. The third-order valence-electron chi connectivity index (χ3n) is 6.11. The predicted octanol–water partition coefficient (Wildman–Crippen LogP) is 3.31. The van der Waals surface area contributed by atoms with Crippen molar-refractivity contribution in [3.05, 3.63) is 0 Å². The van der Waals surface area contributed by atoms with Gasteiger partial charge in [0.2, 0.25) is 0 Å². The Morgan fingerprint density at radius 3 is 2.62 bits per heavy atom. The lowest BCUT2D eigenvalue weighted by atomic mass is 9.76. The monoisotopic (exact) mass is 289 g/mol. The minimum atomic E-state index is -0.242. The molecule has 1 aliphatic heterocycles. The summed E-state index contributed by atoms with van der Waals surface area (Å²) in [4.78, 5) is 2.73. The Kier molecular flexibility index (Phi) is 4.30. The number of rotatable bonds is 3. The van der Waals surface area contributed by atoms with Crippen LogP contribution < -0.4 is 5.32 Å². The van der Waals surface area contributed by atoms with E-state index < -0.39 is 0 Å². The summed E-state index contributed by atoms with van der Waals surface area (Å²) in [7, 11) is 0. The van der Waals surface area contributed by atoms with Crippen molar-refractivity contribution in [3.63, 3.8) is 0 Å². The molecule has 0 bridgehead atoms. The van der Waals surface area contributed by atoms with Crippen LogP contribution in [0.3, 0.4) is 0 Å². The van der Waals surface area contributed by atoms with Crippen LogP contribution in [-0.4, -0.2) is 35.1 Å². The van der Waals surface area contributed by atoms with Gasteiger partial charge < -0.3 is 0 Å². The third kappa shape index (κ3) is 3.27. The first-order valence-corrected chi connectivity index (χ1v) is 8.98. The summed E-state index contributed by atoms with van der Waals surface area (Å²) < 4.78 is 0. The van der Waals surface area contributed by atoms with Crippen LogP contribution in [-0.2, 0) is 0 Å². The average Bonchev–Trinajstić information content (AvgIpc) is 3.27. The standard InChI is InChI=1S/C18H31N3/c1-13-9-14(2)15(3)21(11-13)17-5-4-8-18(10-17,12-19)20-16-6-7-16/h13-17,20H,4-11H2,1-3H3. The van der Waals surface area contributed by atoms with Gasteiger partial charge in [-0.15, -0.1) is 0 Å². The van der Waals surface area contributed by atoms with Crippen LogP contribution in [0.25, 0.3) is 0 Å². The quantitative estimate of drug-likeness (QED) is 0.866. The molecule has 21 heavy (non-hydrogen) atoms. The van der Waals surface area contributed by atoms with E-state index >= 15 is 0 Å². The molecule has 0 aromatic rings. The highest BCUT2D eigenvalue weighted by atomic mass is 15.2. The molecule has 5 atom stereocenters. The van der Waals surface area contributed by atoms with Crippen LogP contribution in [0, 0.1) is 23.2 Å². The van der Waals surface area contributed by atoms with Crippen molar-refractivity contribution < 1.29 is 0 Å². The number of hydrogen-bond acceptors (Lipinski definition) is 3. The molecule has 3 heteroatoms. The fraction of sp³-hybridized carbons (Fsp3) is 0.944. The van der Waals surface area contributed by atoms with Crippen molar-refractivity contribution in [1.29, 1.82) is 5.26 Å². The van der Waals surface area contributed by atoms with E-state index in [0.717, 1.165) is 24.7 Å². The van der Waals surface area contributed by atoms with Crippen molar-refractivity contribution >= 4 is 0 Å². The minimum absolute atomic E-state index is 0.242. The fourth-order valence-electron chi connectivity index (χ4n) is 4.65. The minimum Gasteiger partial charge on any atom is -0.297 e. The highest BCUT2D eigenvalue weighted by molar-refractivity contribution is 5.14. The van der Waals surface area contributed by atoms with E-state index in [1.54, 1.807) is 0 Å². The smallest absolute Gasteiger partial charge is 0.108 e. The summed E-state index contributed by atoms with van der Waals surface area (Å²) in [6, 6.07) is 4.55. The number of nitrogens with zero attached hydrogens (tertiary/aromatic N) is 2. The van der Waals surface area contributed by atoms with Crippen LogP contribution in [0.1, 0.15) is 65.7 Å². The lowest BCUT2D eigenvalue weighted by molar-refractivity contribution is 0.0136. The molecule has 0 aromatic carbocycles. The van der Waals surface area contributed by atoms with E-state index in [0.29, 0.717) is 18.1 Å². The molecule has 3 nitrogen and oxygen atoms in total. The molecule has 1 saturated heterocycles. The van der Waals surface area contributed by atoms with Gasteiger partial charge in [-0.1, -0.05) is 13.8 Å². The molecule has 0 aromatic heterocycles. The van der Waals surface area contributed by atoms with Gasteiger partial charge in [0.15, 0.2) is 0 Å². The summed E-state index contributed by atoms with van der Waals surface area (Å²) in [6.45, 7) is 8.41. The van der Waals surface area contributed by atoms with E-state index in [4.69, 9.17) is 0 Å². The van der Waals surface area contributed by atoms with Gasteiger partial charge in [0.25, 0.3) is 0 Å². The largest absolute Gasteiger partial charge is 0.297 e. The van der Waals surface area contributed by atoms with Crippen molar-refractivity contribution in [2.45, 2.75) is 89.4 Å². The lowest BCUT2D eigenvalue weighted by Crippen LogP contribution is -2.57. The van der Waals surface area contributed by atoms with Crippen LogP contribution in [0.2, 0.25) is 0 Å².